The lowest BCUT2D eigenvalue weighted by molar-refractivity contribution is -0.192. The highest BCUT2D eigenvalue weighted by Crippen LogP contribution is 2.26. The summed E-state index contributed by atoms with van der Waals surface area (Å²) in [6, 6.07) is 5.00. The van der Waals surface area contributed by atoms with Gasteiger partial charge in [0.1, 0.15) is 23.9 Å². The van der Waals surface area contributed by atoms with E-state index in [0.717, 1.165) is 12.1 Å². The van der Waals surface area contributed by atoms with Crippen molar-refractivity contribution in [3.8, 4) is 5.75 Å². The quantitative estimate of drug-likeness (QED) is 0.217. The molecule has 0 bridgehead atoms. The van der Waals surface area contributed by atoms with E-state index in [9.17, 15) is 36.3 Å². The van der Waals surface area contributed by atoms with Gasteiger partial charge in [0.2, 0.25) is 0 Å². The average molecular weight is 514 g/mol. The van der Waals surface area contributed by atoms with E-state index in [1.54, 1.807) is 19.2 Å². The van der Waals surface area contributed by atoms with Gasteiger partial charge in [0, 0.05) is 19.3 Å². The summed E-state index contributed by atoms with van der Waals surface area (Å²) in [6.07, 6.45) is -5.36. The molecule has 0 saturated heterocycles. The molecule has 0 aliphatic carbocycles. The van der Waals surface area contributed by atoms with Crippen molar-refractivity contribution in [1.29, 1.82) is 0 Å². The number of fused-ring (bicyclic) bond motifs is 1. The van der Waals surface area contributed by atoms with Gasteiger partial charge in [-0.2, -0.15) is 13.2 Å². The molecule has 0 fully saturated rings. The van der Waals surface area contributed by atoms with E-state index in [1.807, 2.05) is 5.32 Å². The fourth-order valence-electron chi connectivity index (χ4n) is 3.16. The molecule has 0 saturated carbocycles. The number of alkyl carbamates (subject to hydrolysis) is 1. The third-order valence-electron chi connectivity index (χ3n) is 4.74. The number of pyridine rings is 1. The summed E-state index contributed by atoms with van der Waals surface area (Å²) in [5, 5.41) is 4.35. The molecule has 192 valence electrons. The van der Waals surface area contributed by atoms with E-state index >= 15 is 0 Å². The predicted octanol–water partition coefficient (Wildman–Crippen LogP) is 3.35. The van der Waals surface area contributed by atoms with Crippen molar-refractivity contribution < 1.29 is 45.8 Å². The highest BCUT2D eigenvalue weighted by atomic mass is 19.4. The molecule has 2 aromatic heterocycles. The van der Waals surface area contributed by atoms with Crippen LogP contribution in [-0.2, 0) is 16.1 Å². The summed E-state index contributed by atoms with van der Waals surface area (Å²) in [4.78, 5) is 38.9. The van der Waals surface area contributed by atoms with Gasteiger partial charge in [-0.3, -0.25) is 9.20 Å². The van der Waals surface area contributed by atoms with Crippen LogP contribution in [0.1, 0.15) is 27.3 Å². The van der Waals surface area contributed by atoms with Crippen LogP contribution in [0.25, 0.3) is 5.65 Å². The van der Waals surface area contributed by atoms with Gasteiger partial charge in [0.15, 0.2) is 11.4 Å². The largest absolute Gasteiger partial charge is 0.491 e. The van der Waals surface area contributed by atoms with Gasteiger partial charge >= 0.3 is 18.2 Å². The number of amides is 2. The number of nitrogens with one attached hydrogen (secondary N) is 2. The van der Waals surface area contributed by atoms with Gasteiger partial charge < -0.3 is 20.1 Å². The number of carbonyl (C=O) groups is 3. The standard InChI is InChI=1S/C22H19F5N4O5/c1-11-8-16(35-10-13-14(23)4-3-5-15(13)24)18-30-12(2)17(31(18)9-11)19(32)28-6-7-29-21(34)36-20(33)22(25,26)27/h3-5,8-9H,6-7,10H2,1-2H3,(H,28,32)(H,29,34). The zero-order chi connectivity index (χ0) is 26.6. The average Bonchev–Trinajstić information content (AvgIpc) is 3.11. The Morgan fingerprint density at radius 1 is 1.06 bits per heavy atom. The number of esters is 1. The Bertz CT molecular complexity index is 1300. The van der Waals surface area contributed by atoms with Crippen LogP contribution in [0.5, 0.6) is 5.75 Å². The Hall–Kier alpha value is -4.23. The fraction of sp³-hybridized carbons (Fsp3) is 0.273. The second-order valence-electron chi connectivity index (χ2n) is 7.47. The second-order valence-corrected chi connectivity index (χ2v) is 7.47. The van der Waals surface area contributed by atoms with E-state index in [-0.39, 0.29) is 41.4 Å². The summed E-state index contributed by atoms with van der Waals surface area (Å²) >= 11 is 0. The maximum Gasteiger partial charge on any atom is 0.491 e. The minimum absolute atomic E-state index is 0.0884. The zero-order valence-corrected chi connectivity index (χ0v) is 18.8. The van der Waals surface area contributed by atoms with Gasteiger partial charge in [0.05, 0.1) is 11.3 Å². The number of imidazole rings is 1. The summed E-state index contributed by atoms with van der Waals surface area (Å²) < 4.78 is 74.7. The first-order valence-corrected chi connectivity index (χ1v) is 10.3. The van der Waals surface area contributed by atoms with Crippen molar-refractivity contribution in [2.75, 3.05) is 13.1 Å². The molecule has 3 aromatic rings. The number of nitrogens with zero attached hydrogens (tertiary/aromatic N) is 2. The van der Waals surface area contributed by atoms with Crippen LogP contribution < -0.4 is 15.4 Å². The second kappa shape index (κ2) is 10.6. The van der Waals surface area contributed by atoms with Crippen molar-refractivity contribution in [2.45, 2.75) is 26.6 Å². The van der Waals surface area contributed by atoms with Crippen LogP contribution in [0, 0.1) is 25.5 Å². The van der Waals surface area contributed by atoms with Crippen molar-refractivity contribution in [3.63, 3.8) is 0 Å². The van der Waals surface area contributed by atoms with E-state index in [1.165, 1.54) is 17.4 Å². The molecule has 0 spiro atoms. The molecule has 0 radical (unpaired) electrons. The number of benzene rings is 1. The summed E-state index contributed by atoms with van der Waals surface area (Å²) in [5.41, 5.74) is 0.930. The van der Waals surface area contributed by atoms with Crippen molar-refractivity contribution in [3.05, 3.63) is 64.6 Å². The monoisotopic (exact) mass is 514 g/mol. The third-order valence-corrected chi connectivity index (χ3v) is 4.74. The third kappa shape index (κ3) is 6.06. The normalized spacial score (nSPS) is 11.3. The molecular formula is C22H19F5N4O5. The number of rotatable bonds is 7. The van der Waals surface area contributed by atoms with Crippen molar-refractivity contribution >= 4 is 23.6 Å². The molecule has 1 aromatic carbocycles. The number of halogens is 5. The van der Waals surface area contributed by atoms with E-state index in [2.05, 4.69) is 15.0 Å². The van der Waals surface area contributed by atoms with Crippen LogP contribution in [0.3, 0.4) is 0 Å². The SMILES string of the molecule is Cc1cc(OCc2c(F)cccc2F)c2nc(C)c(C(=O)NCCNC(=O)OC(=O)C(F)(F)F)n2c1. The van der Waals surface area contributed by atoms with Crippen molar-refractivity contribution in [1.82, 2.24) is 20.0 Å². The molecule has 9 nitrogen and oxygen atoms in total. The maximum absolute atomic E-state index is 13.9. The number of alkyl halides is 3. The van der Waals surface area contributed by atoms with E-state index < -0.39 is 42.4 Å². The minimum Gasteiger partial charge on any atom is -0.485 e. The molecule has 2 amide bonds. The zero-order valence-electron chi connectivity index (χ0n) is 18.8. The molecular weight excluding hydrogens is 495 g/mol. The number of carbonyl (C=O) groups excluding carboxylic acids is 3. The summed E-state index contributed by atoms with van der Waals surface area (Å²) in [6.45, 7) is 2.25. The van der Waals surface area contributed by atoms with Crippen molar-refractivity contribution in [2.24, 2.45) is 0 Å². The molecule has 0 aliphatic rings. The molecule has 0 atom stereocenters. The number of hydrogen-bond acceptors (Lipinski definition) is 6. The Labute approximate surface area is 200 Å². The fourth-order valence-corrected chi connectivity index (χ4v) is 3.16. The Morgan fingerprint density at radius 2 is 1.69 bits per heavy atom. The molecule has 14 heteroatoms. The smallest absolute Gasteiger partial charge is 0.485 e. The van der Waals surface area contributed by atoms with Crippen LogP contribution >= 0.6 is 0 Å². The molecule has 36 heavy (non-hydrogen) atoms. The molecule has 2 N–H and O–H groups in total. The van der Waals surface area contributed by atoms with E-state index in [4.69, 9.17) is 4.74 Å². The number of aryl methyl sites for hydroxylation is 2. The van der Waals surface area contributed by atoms with Gasteiger partial charge in [0.25, 0.3) is 5.91 Å². The Balaban J connectivity index is 1.68. The number of hydrogen-bond donors (Lipinski definition) is 2. The Morgan fingerprint density at radius 3 is 2.33 bits per heavy atom. The number of ether oxygens (including phenoxy) is 2. The minimum atomic E-state index is -5.32. The molecule has 3 rings (SSSR count). The number of aromatic nitrogens is 2. The molecule has 0 unspecified atom stereocenters. The first-order chi connectivity index (χ1) is 16.9. The summed E-state index contributed by atoms with van der Waals surface area (Å²) in [7, 11) is 0. The lowest BCUT2D eigenvalue weighted by Crippen LogP contribution is -2.38. The van der Waals surface area contributed by atoms with Crippen LogP contribution in [0.2, 0.25) is 0 Å². The Kier molecular flexibility index (Phi) is 7.75. The van der Waals surface area contributed by atoms with Gasteiger partial charge in [-0.15, -0.1) is 0 Å². The maximum atomic E-state index is 13.9. The predicted molar refractivity (Wildman–Crippen MR) is 113 cm³/mol. The first kappa shape index (κ1) is 26.4. The first-order valence-electron chi connectivity index (χ1n) is 10.3. The van der Waals surface area contributed by atoms with Gasteiger partial charge in [-0.1, -0.05) is 6.07 Å². The van der Waals surface area contributed by atoms with Gasteiger partial charge in [-0.25, -0.2) is 23.4 Å². The molecule has 0 aliphatic heterocycles. The lowest BCUT2D eigenvalue weighted by Gasteiger charge is -2.11. The van der Waals surface area contributed by atoms with Crippen LogP contribution in [-0.4, -0.2) is 46.6 Å². The summed E-state index contributed by atoms with van der Waals surface area (Å²) in [5.74, 6) is -4.70. The van der Waals surface area contributed by atoms with Crippen LogP contribution in [0.15, 0.2) is 30.5 Å². The molecule has 2 heterocycles. The van der Waals surface area contributed by atoms with Gasteiger partial charge in [-0.05, 0) is 37.6 Å². The lowest BCUT2D eigenvalue weighted by atomic mass is 10.2. The van der Waals surface area contributed by atoms with E-state index in [0.29, 0.717) is 5.56 Å². The topological polar surface area (TPSA) is 111 Å². The van der Waals surface area contributed by atoms with Crippen LogP contribution in [0.4, 0.5) is 26.7 Å². The highest BCUT2D eigenvalue weighted by Gasteiger charge is 2.42. The highest BCUT2D eigenvalue weighted by molar-refractivity contribution is 5.95.